The first-order valence-electron chi connectivity index (χ1n) is 16.5. The molecule has 52 heavy (non-hydrogen) atoms. The minimum absolute atomic E-state index is 0.0893. The fraction of sp³-hybridized carbons (Fsp3) is 0.0952. The summed E-state index contributed by atoms with van der Waals surface area (Å²) in [4.78, 5) is 3.82. The van der Waals surface area contributed by atoms with Crippen molar-refractivity contribution in [3.05, 3.63) is 179 Å². The third kappa shape index (κ3) is 6.98. The minimum Gasteiger partial charge on any atom is -0.284 e. The van der Waals surface area contributed by atoms with Gasteiger partial charge in [0.05, 0.1) is 28.1 Å². The van der Waals surface area contributed by atoms with E-state index in [0.29, 0.717) is 5.69 Å². The Kier molecular flexibility index (Phi) is 9.75. The van der Waals surface area contributed by atoms with Crippen LogP contribution >= 0.6 is 15.9 Å². The topological polar surface area (TPSA) is 12.5 Å². The van der Waals surface area contributed by atoms with Gasteiger partial charge in [0.15, 0.2) is 12.4 Å². The van der Waals surface area contributed by atoms with Gasteiger partial charge >= 0.3 is 12.1 Å². The number of benzene rings is 6. The first kappa shape index (κ1) is 34.8. The highest BCUT2D eigenvalue weighted by Crippen LogP contribution is 2.49. The Bertz CT molecular complexity index is 2230. The fourth-order valence-corrected chi connectivity index (χ4v) is 6.94. The highest BCUT2D eigenvalue weighted by atomic mass is 79.9. The van der Waals surface area contributed by atoms with Crippen molar-refractivity contribution in [3.63, 3.8) is 0 Å². The maximum atomic E-state index is 14.4. The molecule has 0 atom stereocenters. The summed E-state index contributed by atoms with van der Waals surface area (Å²) in [6.07, 6.45) is -1.88. The van der Waals surface area contributed by atoms with Crippen LogP contribution in [-0.2, 0) is 5.92 Å². The van der Waals surface area contributed by atoms with E-state index < -0.39 is 17.7 Å². The monoisotopic (exact) mass is 766 g/mol. The van der Waals surface area contributed by atoms with Crippen LogP contribution in [0.2, 0.25) is 0 Å². The summed E-state index contributed by atoms with van der Waals surface area (Å²) < 4.78 is 73.5. The molecule has 2 heterocycles. The SMILES string of the molecule is Brc1cccc2c1N(c1ccccc1)C[N+](c1ccccc1)=C2.FC(F)(F)C(F)(F)c1cccc2c1N(c1ccccc1)C[N+](c1ccccc1)=C2. The Balaban J connectivity index is 0.000000166. The molecule has 2 aliphatic rings. The lowest BCUT2D eigenvalue weighted by Gasteiger charge is -2.32. The van der Waals surface area contributed by atoms with Crippen LogP contribution in [0.3, 0.4) is 0 Å². The van der Waals surface area contributed by atoms with Crippen molar-refractivity contribution in [2.24, 2.45) is 0 Å². The number of rotatable bonds is 5. The quantitative estimate of drug-likeness (QED) is 0.128. The van der Waals surface area contributed by atoms with Gasteiger partial charge in [-0.15, -0.1) is 0 Å². The van der Waals surface area contributed by atoms with Crippen LogP contribution in [0.5, 0.6) is 0 Å². The lowest BCUT2D eigenvalue weighted by atomic mass is 9.98. The summed E-state index contributed by atoms with van der Waals surface area (Å²) in [5.41, 5.74) is 5.20. The number of nitrogens with zero attached hydrogens (tertiary/aromatic N) is 4. The molecule has 4 nitrogen and oxygen atoms in total. The van der Waals surface area contributed by atoms with E-state index in [1.165, 1.54) is 39.7 Å². The second-order valence-electron chi connectivity index (χ2n) is 12.2. The van der Waals surface area contributed by atoms with Crippen LogP contribution < -0.4 is 9.80 Å². The highest BCUT2D eigenvalue weighted by Gasteiger charge is 2.60. The molecule has 0 unspecified atom stereocenters. The molecule has 0 spiro atoms. The Hall–Kier alpha value is -5.61. The molecule has 0 bridgehead atoms. The minimum atomic E-state index is -5.69. The van der Waals surface area contributed by atoms with E-state index in [0.717, 1.165) is 22.9 Å². The largest absolute Gasteiger partial charge is 0.458 e. The fourth-order valence-electron chi connectivity index (χ4n) is 6.35. The molecule has 0 aliphatic carbocycles. The molecule has 0 saturated carbocycles. The van der Waals surface area contributed by atoms with Crippen molar-refractivity contribution in [2.75, 3.05) is 23.1 Å². The summed E-state index contributed by atoms with van der Waals surface area (Å²) >= 11 is 3.72. The van der Waals surface area contributed by atoms with Crippen LogP contribution in [0, 0.1) is 0 Å². The number of alkyl halides is 5. The number of hydrogen-bond donors (Lipinski definition) is 0. The Morgan fingerprint density at radius 3 is 1.33 bits per heavy atom. The molecular weight excluding hydrogens is 735 g/mol. The van der Waals surface area contributed by atoms with Crippen molar-refractivity contribution in [3.8, 4) is 0 Å². The summed E-state index contributed by atoms with van der Waals surface area (Å²) in [5, 5.41) is 0. The van der Waals surface area contributed by atoms with E-state index in [1.807, 2.05) is 41.0 Å². The van der Waals surface area contributed by atoms with Crippen molar-refractivity contribution < 1.29 is 31.1 Å². The van der Waals surface area contributed by atoms with Crippen LogP contribution in [0.4, 0.5) is 56.1 Å². The second-order valence-corrected chi connectivity index (χ2v) is 13.0. The molecule has 0 radical (unpaired) electrons. The highest BCUT2D eigenvalue weighted by molar-refractivity contribution is 9.10. The number of hydrogen-bond acceptors (Lipinski definition) is 2. The predicted molar refractivity (Wildman–Crippen MR) is 200 cm³/mol. The molecule has 260 valence electrons. The number of para-hydroxylation sites is 6. The predicted octanol–water partition coefficient (Wildman–Crippen LogP) is 11.5. The van der Waals surface area contributed by atoms with Crippen LogP contribution in [0.25, 0.3) is 0 Å². The number of fused-ring (bicyclic) bond motifs is 2. The zero-order valence-electron chi connectivity index (χ0n) is 27.6. The average molecular weight is 768 g/mol. The average Bonchev–Trinajstić information content (AvgIpc) is 3.18. The van der Waals surface area contributed by atoms with Crippen LogP contribution in [0.1, 0.15) is 16.7 Å². The van der Waals surface area contributed by atoms with Gasteiger partial charge in [-0.2, -0.15) is 31.1 Å². The summed E-state index contributed by atoms with van der Waals surface area (Å²) in [5.74, 6) is -4.98. The normalized spacial score (nSPS) is 14.0. The zero-order valence-corrected chi connectivity index (χ0v) is 29.2. The first-order valence-corrected chi connectivity index (χ1v) is 17.3. The Labute approximate surface area is 306 Å². The molecule has 0 N–H and O–H groups in total. The summed E-state index contributed by atoms with van der Waals surface area (Å²) in [7, 11) is 0. The first-order chi connectivity index (χ1) is 25.1. The van der Waals surface area contributed by atoms with Gasteiger partial charge < -0.3 is 0 Å². The maximum Gasteiger partial charge on any atom is 0.458 e. The number of halogens is 6. The van der Waals surface area contributed by atoms with Crippen molar-refractivity contribution >= 4 is 62.5 Å². The lowest BCUT2D eigenvalue weighted by Crippen LogP contribution is -2.38. The van der Waals surface area contributed by atoms with Crippen LogP contribution in [-0.4, -0.2) is 41.1 Å². The third-order valence-corrected chi connectivity index (χ3v) is 9.45. The van der Waals surface area contributed by atoms with E-state index in [9.17, 15) is 22.0 Å². The molecule has 6 aromatic carbocycles. The van der Waals surface area contributed by atoms with Gasteiger partial charge in [0.2, 0.25) is 24.7 Å². The van der Waals surface area contributed by atoms with Gasteiger partial charge in [-0.1, -0.05) is 91.0 Å². The maximum absolute atomic E-state index is 14.4. The zero-order chi connectivity index (χ0) is 36.3. The van der Waals surface area contributed by atoms with Crippen molar-refractivity contribution in [1.29, 1.82) is 0 Å². The van der Waals surface area contributed by atoms with Gasteiger partial charge in [0.25, 0.3) is 0 Å². The van der Waals surface area contributed by atoms with E-state index in [2.05, 4.69) is 104 Å². The Morgan fingerprint density at radius 2 is 0.865 bits per heavy atom. The van der Waals surface area contributed by atoms with Crippen LogP contribution in [0.15, 0.2) is 162 Å². The van der Waals surface area contributed by atoms with Gasteiger partial charge in [0.1, 0.15) is 0 Å². The third-order valence-electron chi connectivity index (χ3n) is 8.81. The molecule has 8 rings (SSSR count). The second kappa shape index (κ2) is 14.6. The Morgan fingerprint density at radius 1 is 0.462 bits per heavy atom. The van der Waals surface area contributed by atoms with E-state index >= 15 is 0 Å². The van der Waals surface area contributed by atoms with Gasteiger partial charge in [-0.3, -0.25) is 9.80 Å². The van der Waals surface area contributed by atoms with Gasteiger partial charge in [-0.05, 0) is 58.4 Å². The van der Waals surface area contributed by atoms with Gasteiger partial charge in [-0.25, -0.2) is 0 Å². The van der Waals surface area contributed by atoms with Crippen molar-refractivity contribution in [1.82, 2.24) is 0 Å². The summed E-state index contributed by atoms with van der Waals surface area (Å²) in [6.45, 7) is 0.871. The molecular formula is C42H32BrF5N4+2. The molecule has 0 aromatic heterocycles. The molecule has 0 saturated heterocycles. The number of anilines is 4. The molecule has 0 amide bonds. The molecule has 10 heteroatoms. The molecule has 0 fully saturated rings. The van der Waals surface area contributed by atoms with E-state index in [4.69, 9.17) is 0 Å². The summed E-state index contributed by atoms with van der Waals surface area (Å²) in [6, 6.07) is 48.7. The van der Waals surface area contributed by atoms with Crippen molar-refractivity contribution in [2.45, 2.75) is 12.1 Å². The lowest BCUT2D eigenvalue weighted by molar-refractivity contribution is -0.434. The molecule has 6 aromatic rings. The smallest absolute Gasteiger partial charge is 0.284 e. The van der Waals surface area contributed by atoms with Gasteiger partial charge in [0, 0.05) is 40.1 Å². The molecule has 2 aliphatic heterocycles. The van der Waals surface area contributed by atoms with E-state index in [1.54, 1.807) is 36.5 Å². The van der Waals surface area contributed by atoms with E-state index in [-0.39, 0.29) is 17.9 Å². The standard InChI is InChI=1S/C22H16F5N2.C20H16BrN2/c23-21(24,22(25,26)27)19-13-7-8-16-14-28(17-9-3-1-4-10-17)15-29(20(16)19)18-11-5-2-6-12-18;21-19-13-7-8-16-14-22(17-9-3-1-4-10-17)15-23(20(16)19)18-11-5-2-6-12-18/h1-14H,15H2;1-14H,15H2/q2*+1.